The monoisotopic (exact) mass is 580 g/mol. The fourth-order valence-electron chi connectivity index (χ4n) is 4.81. The third-order valence-corrected chi connectivity index (χ3v) is 7.92. The number of carbonyl (C=O) groups excluding carboxylic acids is 4. The van der Waals surface area contributed by atoms with E-state index < -0.39 is 68.5 Å². The molecule has 2 heterocycles. The summed E-state index contributed by atoms with van der Waals surface area (Å²) in [6.45, 7) is 5.22. The topological polar surface area (TPSA) is 151 Å². The zero-order valence-electron chi connectivity index (χ0n) is 22.1. The molecular formula is C24H35F3N4O7S. The first kappa shape index (κ1) is 30.7. The van der Waals surface area contributed by atoms with Crippen LogP contribution in [-0.2, 0) is 29.1 Å². The Morgan fingerprint density at radius 2 is 1.79 bits per heavy atom. The summed E-state index contributed by atoms with van der Waals surface area (Å²) < 4.78 is 68.3. The number of rotatable bonds is 3. The smallest absolute Gasteiger partial charge is 0.444 e. The van der Waals surface area contributed by atoms with E-state index in [2.05, 4.69) is 10.6 Å². The Bertz CT molecular complexity index is 1120. The second-order valence-corrected chi connectivity index (χ2v) is 12.8. The Labute approximate surface area is 225 Å². The van der Waals surface area contributed by atoms with Gasteiger partial charge in [0, 0.05) is 12.5 Å². The van der Waals surface area contributed by atoms with E-state index in [1.807, 2.05) is 0 Å². The molecule has 11 nitrogen and oxygen atoms in total. The lowest BCUT2D eigenvalue weighted by Crippen LogP contribution is -2.59. The van der Waals surface area contributed by atoms with Gasteiger partial charge in [0.05, 0.1) is 0 Å². The van der Waals surface area contributed by atoms with Gasteiger partial charge in [0.2, 0.25) is 11.8 Å². The molecule has 0 aromatic rings. The van der Waals surface area contributed by atoms with Crippen LogP contribution in [0.3, 0.4) is 0 Å². The minimum atomic E-state index is -5.99. The van der Waals surface area contributed by atoms with Crippen LogP contribution >= 0.6 is 0 Å². The predicted octanol–water partition coefficient (Wildman–Crippen LogP) is 2.23. The van der Waals surface area contributed by atoms with Crippen LogP contribution in [0.1, 0.15) is 72.1 Å². The van der Waals surface area contributed by atoms with E-state index in [1.54, 1.807) is 32.9 Å². The first-order chi connectivity index (χ1) is 18.0. The molecule has 1 aliphatic carbocycles. The fraction of sp³-hybridized carbons (Fsp3) is 0.750. The molecule has 1 saturated heterocycles. The molecule has 0 aromatic carbocycles. The second-order valence-electron chi connectivity index (χ2n) is 11.1. The van der Waals surface area contributed by atoms with Crippen LogP contribution in [0.25, 0.3) is 0 Å². The van der Waals surface area contributed by atoms with Gasteiger partial charge in [0.1, 0.15) is 23.2 Å². The average Bonchev–Trinajstić information content (AvgIpc) is 3.25. The van der Waals surface area contributed by atoms with Crippen molar-refractivity contribution in [2.45, 2.75) is 101 Å². The third-order valence-electron chi connectivity index (χ3n) is 6.86. The van der Waals surface area contributed by atoms with Crippen molar-refractivity contribution < 1.29 is 45.5 Å². The average molecular weight is 581 g/mol. The van der Waals surface area contributed by atoms with Gasteiger partial charge in [0.15, 0.2) is 0 Å². The summed E-state index contributed by atoms with van der Waals surface area (Å²) in [6, 6.07) is -2.03. The number of hydrogen-bond donors (Lipinski definition) is 3. The Morgan fingerprint density at radius 1 is 1.10 bits per heavy atom. The number of carbonyl (C=O) groups is 4. The number of fused-ring (bicyclic) bond motifs is 2. The number of amides is 4. The van der Waals surface area contributed by atoms with Gasteiger partial charge in [-0.15, -0.1) is 0 Å². The minimum absolute atomic E-state index is 0.0993. The van der Waals surface area contributed by atoms with Crippen LogP contribution < -0.4 is 15.4 Å². The van der Waals surface area contributed by atoms with Crippen LogP contribution in [-0.4, -0.2) is 72.4 Å². The number of nitrogens with one attached hydrogen (secondary N) is 3. The molecule has 3 aliphatic rings. The van der Waals surface area contributed by atoms with Crippen LogP contribution in [0.4, 0.5) is 18.0 Å². The lowest BCUT2D eigenvalue weighted by molar-refractivity contribution is -0.141. The van der Waals surface area contributed by atoms with Crippen molar-refractivity contribution in [2.24, 2.45) is 5.92 Å². The van der Waals surface area contributed by atoms with E-state index in [1.165, 1.54) is 4.90 Å². The predicted molar refractivity (Wildman–Crippen MR) is 132 cm³/mol. The van der Waals surface area contributed by atoms with E-state index in [9.17, 15) is 40.8 Å². The van der Waals surface area contributed by atoms with Gasteiger partial charge in [-0.3, -0.25) is 14.4 Å². The Morgan fingerprint density at radius 3 is 2.44 bits per heavy atom. The summed E-state index contributed by atoms with van der Waals surface area (Å²) in [5.41, 5.74) is -8.42. The maximum absolute atomic E-state index is 13.5. The summed E-state index contributed by atoms with van der Waals surface area (Å²) in [7, 11) is -5.99. The Balaban J connectivity index is 1.85. The SMILES string of the molecule is CC(C)(C)OC(=O)N[C@H]1CCCCC/C=C\[C@@H]2C[C@@]2(C(=O)NS(=O)(=O)C(F)(F)F)NC(=O)[C@@H]2CCCN2C1=O. The molecular weight excluding hydrogens is 545 g/mol. The van der Waals surface area contributed by atoms with E-state index in [4.69, 9.17) is 4.74 Å². The Hall–Kier alpha value is -2.84. The number of ether oxygens (including phenoxy) is 1. The van der Waals surface area contributed by atoms with E-state index in [-0.39, 0.29) is 19.4 Å². The molecule has 1 saturated carbocycles. The normalized spacial score (nSPS) is 29.6. The molecule has 3 N–H and O–H groups in total. The molecule has 2 fully saturated rings. The molecule has 0 spiro atoms. The number of hydrogen-bond acceptors (Lipinski definition) is 7. The van der Waals surface area contributed by atoms with Crippen molar-refractivity contribution in [2.75, 3.05) is 6.54 Å². The summed E-state index contributed by atoms with van der Waals surface area (Å²) in [5.74, 6) is -3.52. The summed E-state index contributed by atoms with van der Waals surface area (Å²) >= 11 is 0. The van der Waals surface area contributed by atoms with Gasteiger partial charge < -0.3 is 20.3 Å². The molecule has 0 radical (unpaired) electrons. The molecule has 0 bridgehead atoms. The lowest BCUT2D eigenvalue weighted by Gasteiger charge is -2.30. The third kappa shape index (κ3) is 7.42. The highest BCUT2D eigenvalue weighted by atomic mass is 32.2. The lowest BCUT2D eigenvalue weighted by atomic mass is 10.0. The Kier molecular flexibility index (Phi) is 8.92. The molecule has 4 atom stereocenters. The zero-order valence-corrected chi connectivity index (χ0v) is 22.9. The van der Waals surface area contributed by atoms with E-state index in [0.717, 1.165) is 4.72 Å². The van der Waals surface area contributed by atoms with Crippen LogP contribution in [0.15, 0.2) is 12.2 Å². The van der Waals surface area contributed by atoms with Gasteiger partial charge >= 0.3 is 21.6 Å². The standard InChI is InChI=1S/C24H35F3N4O7S/c1-22(2,3)38-21(35)28-16-11-8-6-4-5-7-10-15-14-23(15,20(34)30-39(36,37)24(25,26)27)29-18(32)17-12-9-13-31(17)19(16)33/h7,10,15-17H,4-6,8-9,11-14H2,1-3H3,(H,28,35)(H,29,32)(H,30,34)/b10-7-/t15-,16+,17+,23-/m1/s1. The highest BCUT2D eigenvalue weighted by molar-refractivity contribution is 7.90. The zero-order chi connectivity index (χ0) is 29.2. The number of halogens is 3. The van der Waals surface area contributed by atoms with E-state index in [0.29, 0.717) is 38.5 Å². The molecule has 3 rings (SSSR count). The van der Waals surface area contributed by atoms with E-state index >= 15 is 0 Å². The molecule has 15 heteroatoms. The molecule has 4 amide bonds. The molecule has 39 heavy (non-hydrogen) atoms. The number of alkyl halides is 3. The van der Waals surface area contributed by atoms with Crippen molar-refractivity contribution in [3.05, 3.63) is 12.2 Å². The quantitative estimate of drug-likeness (QED) is 0.433. The van der Waals surface area contributed by atoms with Crippen molar-refractivity contribution in [3.8, 4) is 0 Å². The van der Waals surface area contributed by atoms with Crippen molar-refractivity contribution in [1.82, 2.24) is 20.3 Å². The van der Waals surface area contributed by atoms with Gasteiger partial charge in [-0.1, -0.05) is 25.0 Å². The minimum Gasteiger partial charge on any atom is -0.444 e. The van der Waals surface area contributed by atoms with Crippen molar-refractivity contribution >= 4 is 33.8 Å². The first-order valence-corrected chi connectivity index (χ1v) is 14.4. The molecule has 220 valence electrons. The van der Waals surface area contributed by atoms with Crippen LogP contribution in [0.5, 0.6) is 0 Å². The summed E-state index contributed by atoms with van der Waals surface area (Å²) in [4.78, 5) is 53.3. The number of sulfonamides is 1. The van der Waals surface area contributed by atoms with Crippen molar-refractivity contribution in [1.29, 1.82) is 0 Å². The van der Waals surface area contributed by atoms with Gasteiger partial charge in [-0.25, -0.2) is 9.52 Å². The molecule has 2 aliphatic heterocycles. The van der Waals surface area contributed by atoms with Gasteiger partial charge in [-0.05, 0) is 59.3 Å². The van der Waals surface area contributed by atoms with Gasteiger partial charge in [0.25, 0.3) is 5.91 Å². The van der Waals surface area contributed by atoms with Crippen molar-refractivity contribution in [3.63, 3.8) is 0 Å². The second kappa shape index (κ2) is 11.3. The number of alkyl carbamates (subject to hydrolysis) is 1. The fourth-order valence-corrected chi connectivity index (χ4v) is 5.36. The first-order valence-electron chi connectivity index (χ1n) is 12.9. The summed E-state index contributed by atoms with van der Waals surface area (Å²) in [6.07, 6.45) is 5.92. The van der Waals surface area contributed by atoms with Crippen LogP contribution in [0.2, 0.25) is 0 Å². The summed E-state index contributed by atoms with van der Waals surface area (Å²) in [5, 5.41) is 5.04. The molecule has 0 aromatic heterocycles. The molecule has 0 unspecified atom stereocenters. The number of allylic oxidation sites excluding steroid dienone is 1. The highest BCUT2D eigenvalue weighted by Crippen LogP contribution is 2.46. The number of nitrogens with zero attached hydrogens (tertiary/aromatic N) is 1. The van der Waals surface area contributed by atoms with Crippen LogP contribution in [0, 0.1) is 5.92 Å². The van der Waals surface area contributed by atoms with Gasteiger partial charge in [-0.2, -0.15) is 21.6 Å². The highest BCUT2D eigenvalue weighted by Gasteiger charge is 2.62. The maximum atomic E-state index is 13.5. The largest absolute Gasteiger partial charge is 0.516 e. The maximum Gasteiger partial charge on any atom is 0.516 e.